The highest BCUT2D eigenvalue weighted by Crippen LogP contribution is 2.38. The van der Waals surface area contributed by atoms with Gasteiger partial charge in [-0.2, -0.15) is 0 Å². The van der Waals surface area contributed by atoms with Crippen LogP contribution in [0.4, 0.5) is 5.69 Å². The van der Waals surface area contributed by atoms with Gasteiger partial charge < -0.3 is 14.2 Å². The van der Waals surface area contributed by atoms with Crippen molar-refractivity contribution >= 4 is 41.2 Å². The first-order valence-corrected chi connectivity index (χ1v) is 9.57. The number of hydrogen-bond acceptors (Lipinski definition) is 6. The number of esters is 2. The van der Waals surface area contributed by atoms with Gasteiger partial charge >= 0.3 is 11.9 Å². The summed E-state index contributed by atoms with van der Waals surface area (Å²) in [6.07, 6.45) is 1.57. The van der Waals surface area contributed by atoms with Gasteiger partial charge in [0.05, 0.1) is 48.7 Å². The molecule has 1 amide bonds. The predicted molar refractivity (Wildman–Crippen MR) is 116 cm³/mol. The van der Waals surface area contributed by atoms with Gasteiger partial charge in [0.2, 0.25) is 0 Å². The third-order valence-corrected chi connectivity index (χ3v) is 5.12. The van der Waals surface area contributed by atoms with Crippen LogP contribution in [0.3, 0.4) is 0 Å². The first-order valence-electron chi connectivity index (χ1n) is 9.20. The van der Waals surface area contributed by atoms with Crippen molar-refractivity contribution in [1.82, 2.24) is 0 Å². The number of methoxy groups -OCH3 is 3. The molecule has 0 N–H and O–H groups in total. The van der Waals surface area contributed by atoms with E-state index in [0.717, 1.165) is 0 Å². The molecular formula is C23H20ClNO6. The van der Waals surface area contributed by atoms with E-state index in [1.807, 2.05) is 0 Å². The number of amides is 1. The van der Waals surface area contributed by atoms with Crippen molar-refractivity contribution in [3.05, 3.63) is 75.5 Å². The molecule has 2 aromatic carbocycles. The molecule has 8 heteroatoms. The Morgan fingerprint density at radius 3 is 2.16 bits per heavy atom. The summed E-state index contributed by atoms with van der Waals surface area (Å²) < 4.78 is 14.8. The Bertz CT molecular complexity index is 1120. The second kappa shape index (κ2) is 9.06. The molecule has 1 aliphatic rings. The summed E-state index contributed by atoms with van der Waals surface area (Å²) in [5.41, 5.74) is 2.21. The van der Waals surface area contributed by atoms with Crippen LogP contribution in [0.15, 0.2) is 59.3 Å². The van der Waals surface area contributed by atoms with Gasteiger partial charge in [-0.05, 0) is 48.9 Å². The van der Waals surface area contributed by atoms with Crippen LogP contribution < -0.4 is 9.64 Å². The molecule has 0 bridgehead atoms. The number of carbonyl (C=O) groups excluding carboxylic acids is 3. The lowest BCUT2D eigenvalue weighted by Gasteiger charge is -2.19. The van der Waals surface area contributed by atoms with E-state index in [1.165, 1.54) is 26.2 Å². The summed E-state index contributed by atoms with van der Waals surface area (Å²) in [6, 6.07) is 11.4. The summed E-state index contributed by atoms with van der Waals surface area (Å²) in [5.74, 6) is -1.04. The number of benzene rings is 2. The Hall–Kier alpha value is -3.58. The van der Waals surface area contributed by atoms with E-state index in [2.05, 4.69) is 4.74 Å². The molecule has 0 fully saturated rings. The maximum Gasteiger partial charge on any atom is 0.340 e. The zero-order chi connectivity index (χ0) is 22.7. The van der Waals surface area contributed by atoms with E-state index in [1.54, 1.807) is 55.5 Å². The van der Waals surface area contributed by atoms with Crippen LogP contribution in [-0.4, -0.2) is 39.2 Å². The lowest BCUT2D eigenvalue weighted by atomic mass is 10.0. The van der Waals surface area contributed by atoms with Gasteiger partial charge in [0.15, 0.2) is 0 Å². The number of rotatable bonds is 5. The first kappa shape index (κ1) is 22.1. The maximum absolute atomic E-state index is 13.3. The van der Waals surface area contributed by atoms with Crippen LogP contribution >= 0.6 is 11.6 Å². The smallest absolute Gasteiger partial charge is 0.340 e. The third kappa shape index (κ3) is 4.18. The van der Waals surface area contributed by atoms with Gasteiger partial charge in [-0.3, -0.25) is 9.69 Å². The predicted octanol–water partition coefficient (Wildman–Crippen LogP) is 4.01. The Morgan fingerprint density at radius 1 is 0.968 bits per heavy atom. The molecule has 1 aliphatic heterocycles. The summed E-state index contributed by atoms with van der Waals surface area (Å²) in [7, 11) is 4.04. The van der Waals surface area contributed by atoms with Crippen LogP contribution in [0.1, 0.15) is 22.8 Å². The van der Waals surface area contributed by atoms with Gasteiger partial charge in [-0.1, -0.05) is 23.7 Å². The van der Waals surface area contributed by atoms with E-state index in [-0.39, 0.29) is 11.1 Å². The number of hydrogen-bond donors (Lipinski definition) is 0. The lowest BCUT2D eigenvalue weighted by Crippen LogP contribution is -2.24. The van der Waals surface area contributed by atoms with Crippen molar-refractivity contribution in [1.29, 1.82) is 0 Å². The van der Waals surface area contributed by atoms with Gasteiger partial charge in [-0.25, -0.2) is 9.59 Å². The zero-order valence-corrected chi connectivity index (χ0v) is 18.1. The van der Waals surface area contributed by atoms with E-state index in [0.29, 0.717) is 33.3 Å². The highest BCUT2D eigenvalue weighted by molar-refractivity contribution is 6.32. The SMILES string of the molecule is COC(=O)C1=C(C)N(c2ccc(OC)c(Cl)c2)C(=O)/C1=C\c1ccc(C(=O)OC)cc1. The molecule has 0 radical (unpaired) electrons. The molecule has 0 saturated heterocycles. The molecule has 0 aromatic heterocycles. The van der Waals surface area contributed by atoms with E-state index >= 15 is 0 Å². The fraction of sp³-hybridized carbons (Fsp3) is 0.174. The quantitative estimate of drug-likeness (QED) is 0.515. The fourth-order valence-corrected chi connectivity index (χ4v) is 3.54. The number of anilines is 1. The van der Waals surface area contributed by atoms with Crippen LogP contribution in [0.5, 0.6) is 5.75 Å². The number of halogens is 1. The molecule has 0 aliphatic carbocycles. The highest BCUT2D eigenvalue weighted by atomic mass is 35.5. The van der Waals surface area contributed by atoms with Crippen LogP contribution in [0, 0.1) is 0 Å². The number of ether oxygens (including phenoxy) is 3. The summed E-state index contributed by atoms with van der Waals surface area (Å²) in [5, 5.41) is 0.330. The number of carbonyl (C=O) groups is 3. The van der Waals surface area contributed by atoms with Gasteiger partial charge in [0.1, 0.15) is 5.75 Å². The summed E-state index contributed by atoms with van der Waals surface area (Å²) in [6.45, 7) is 1.66. The average Bonchev–Trinajstić information content (AvgIpc) is 3.02. The molecule has 31 heavy (non-hydrogen) atoms. The molecular weight excluding hydrogens is 422 g/mol. The van der Waals surface area contributed by atoms with Crippen LogP contribution in [0.2, 0.25) is 5.02 Å². The zero-order valence-electron chi connectivity index (χ0n) is 17.4. The van der Waals surface area contributed by atoms with Crippen molar-refractivity contribution in [2.75, 3.05) is 26.2 Å². The minimum atomic E-state index is -0.634. The normalized spacial score (nSPS) is 14.8. The maximum atomic E-state index is 13.3. The molecule has 2 aromatic rings. The number of nitrogens with zero attached hydrogens (tertiary/aromatic N) is 1. The van der Waals surface area contributed by atoms with Gasteiger partial charge in [0.25, 0.3) is 5.91 Å². The van der Waals surface area contributed by atoms with E-state index in [4.69, 9.17) is 21.1 Å². The Morgan fingerprint density at radius 2 is 1.61 bits per heavy atom. The van der Waals surface area contributed by atoms with Crippen LogP contribution in [0.25, 0.3) is 6.08 Å². The molecule has 160 valence electrons. The van der Waals surface area contributed by atoms with Gasteiger partial charge in [-0.15, -0.1) is 0 Å². The minimum Gasteiger partial charge on any atom is -0.495 e. The first-order chi connectivity index (χ1) is 14.8. The molecule has 0 atom stereocenters. The van der Waals surface area contributed by atoms with E-state index < -0.39 is 17.8 Å². The molecule has 0 unspecified atom stereocenters. The molecule has 3 rings (SSSR count). The lowest BCUT2D eigenvalue weighted by molar-refractivity contribution is -0.136. The topological polar surface area (TPSA) is 82.1 Å². The average molecular weight is 442 g/mol. The Balaban J connectivity index is 2.07. The number of allylic oxidation sites excluding steroid dienone is 1. The fourth-order valence-electron chi connectivity index (χ4n) is 3.29. The highest BCUT2D eigenvalue weighted by Gasteiger charge is 2.38. The molecule has 0 saturated carbocycles. The summed E-state index contributed by atoms with van der Waals surface area (Å²) in [4.78, 5) is 38.8. The largest absolute Gasteiger partial charge is 0.495 e. The molecule has 7 nitrogen and oxygen atoms in total. The van der Waals surface area contributed by atoms with Crippen molar-refractivity contribution < 1.29 is 28.6 Å². The third-order valence-electron chi connectivity index (χ3n) is 4.83. The van der Waals surface area contributed by atoms with Crippen molar-refractivity contribution in [3.63, 3.8) is 0 Å². The second-order valence-corrected chi connectivity index (χ2v) is 6.99. The van der Waals surface area contributed by atoms with Crippen molar-refractivity contribution in [3.8, 4) is 5.75 Å². The van der Waals surface area contributed by atoms with Crippen LogP contribution in [-0.2, 0) is 19.1 Å². The minimum absolute atomic E-state index is 0.150. The van der Waals surface area contributed by atoms with Gasteiger partial charge in [0, 0.05) is 5.70 Å². The standard InChI is InChI=1S/C23H20ClNO6/c1-13-20(23(28)31-4)17(11-14-5-7-15(8-6-14)22(27)30-3)21(26)25(13)16-9-10-19(29-2)18(24)12-16/h5-12H,1-4H3/b17-11-. The van der Waals surface area contributed by atoms with Crippen molar-refractivity contribution in [2.45, 2.75) is 6.92 Å². The monoisotopic (exact) mass is 441 g/mol. The molecule has 0 spiro atoms. The van der Waals surface area contributed by atoms with Crippen molar-refractivity contribution in [2.24, 2.45) is 0 Å². The summed E-state index contributed by atoms with van der Waals surface area (Å²) >= 11 is 6.23. The van der Waals surface area contributed by atoms with E-state index in [9.17, 15) is 14.4 Å². The molecule has 1 heterocycles. The Kier molecular flexibility index (Phi) is 6.46. The second-order valence-electron chi connectivity index (χ2n) is 6.58. The Labute approximate surface area is 184 Å².